The molecule has 2 heteroatoms. The summed E-state index contributed by atoms with van der Waals surface area (Å²) in [7, 11) is 0. The fraction of sp³-hybridized carbons (Fsp3) is 0.857. The minimum absolute atomic E-state index is 0.324. The third-order valence-corrected chi connectivity index (χ3v) is 2.03. The second kappa shape index (κ2) is 2.97. The highest BCUT2D eigenvalue weighted by atomic mass is 16.3. The van der Waals surface area contributed by atoms with Gasteiger partial charge in [0.2, 0.25) is 0 Å². The highest BCUT2D eigenvalue weighted by Gasteiger charge is 2.24. The van der Waals surface area contributed by atoms with Gasteiger partial charge in [-0.1, -0.05) is 6.42 Å². The van der Waals surface area contributed by atoms with E-state index in [1.807, 2.05) is 0 Å². The van der Waals surface area contributed by atoms with Crippen molar-refractivity contribution in [2.45, 2.75) is 31.8 Å². The van der Waals surface area contributed by atoms with Gasteiger partial charge in [-0.3, -0.25) is 0 Å². The van der Waals surface area contributed by atoms with E-state index < -0.39 is 0 Å². The predicted molar refractivity (Wildman–Crippen MR) is 34.0 cm³/mol. The first-order valence-corrected chi connectivity index (χ1v) is 3.46. The van der Waals surface area contributed by atoms with E-state index in [0.29, 0.717) is 12.3 Å². The zero-order valence-electron chi connectivity index (χ0n) is 5.42. The molecule has 0 aliphatic heterocycles. The fourth-order valence-electron chi connectivity index (χ4n) is 1.12. The van der Waals surface area contributed by atoms with Crippen molar-refractivity contribution in [3.05, 3.63) is 0 Å². The van der Waals surface area contributed by atoms with E-state index in [0.717, 1.165) is 19.1 Å². The van der Waals surface area contributed by atoms with Gasteiger partial charge in [0.05, 0.1) is 6.10 Å². The summed E-state index contributed by atoms with van der Waals surface area (Å²) in [6.45, 7) is 0. The van der Waals surface area contributed by atoms with Crippen LogP contribution in [-0.4, -0.2) is 17.5 Å². The Labute approximate surface area is 54.9 Å². The zero-order chi connectivity index (χ0) is 6.69. The molecule has 1 aliphatic carbocycles. The van der Waals surface area contributed by atoms with Crippen LogP contribution in [0.3, 0.4) is 0 Å². The number of carbonyl (C=O) groups is 1. The number of hydrogen-bond acceptors (Lipinski definition) is 2. The van der Waals surface area contributed by atoms with Crippen molar-refractivity contribution < 1.29 is 9.90 Å². The van der Waals surface area contributed by atoms with Crippen LogP contribution in [0.5, 0.6) is 0 Å². The van der Waals surface area contributed by atoms with Crippen LogP contribution in [0.1, 0.15) is 25.7 Å². The first-order chi connectivity index (χ1) is 4.34. The highest BCUT2D eigenvalue weighted by Crippen LogP contribution is 2.30. The van der Waals surface area contributed by atoms with Crippen molar-refractivity contribution in [3.8, 4) is 0 Å². The molecule has 1 fully saturated rings. The van der Waals surface area contributed by atoms with Gasteiger partial charge in [-0.15, -0.1) is 0 Å². The molecule has 1 rings (SSSR count). The van der Waals surface area contributed by atoms with Crippen molar-refractivity contribution >= 4 is 6.29 Å². The second-order valence-corrected chi connectivity index (χ2v) is 2.66. The molecule has 0 radical (unpaired) electrons. The van der Waals surface area contributed by atoms with Crippen LogP contribution in [0.2, 0.25) is 0 Å². The molecule has 1 unspecified atom stereocenters. The summed E-state index contributed by atoms with van der Waals surface area (Å²) in [5.41, 5.74) is 0. The normalized spacial score (nSPS) is 22.8. The number of aliphatic hydroxyl groups is 1. The third-order valence-electron chi connectivity index (χ3n) is 2.03. The van der Waals surface area contributed by atoms with Gasteiger partial charge in [-0.05, 0) is 18.8 Å². The topological polar surface area (TPSA) is 37.3 Å². The molecule has 0 amide bonds. The van der Waals surface area contributed by atoms with Crippen molar-refractivity contribution in [2.75, 3.05) is 0 Å². The zero-order valence-corrected chi connectivity index (χ0v) is 5.42. The standard InChI is InChI=1S/C7H12O2/c8-5-4-7(9)6-2-1-3-6/h5-7,9H,1-4H2. The van der Waals surface area contributed by atoms with Crippen LogP contribution < -0.4 is 0 Å². The van der Waals surface area contributed by atoms with Crippen molar-refractivity contribution in [2.24, 2.45) is 5.92 Å². The van der Waals surface area contributed by atoms with Crippen LogP contribution in [0.25, 0.3) is 0 Å². The Bertz CT molecular complexity index is 97.1. The number of carbonyl (C=O) groups excluding carboxylic acids is 1. The first-order valence-electron chi connectivity index (χ1n) is 3.46. The van der Waals surface area contributed by atoms with Gasteiger partial charge in [0.25, 0.3) is 0 Å². The van der Waals surface area contributed by atoms with Crippen molar-refractivity contribution in [3.63, 3.8) is 0 Å². The molecule has 0 spiro atoms. The highest BCUT2D eigenvalue weighted by molar-refractivity contribution is 5.50. The van der Waals surface area contributed by atoms with E-state index in [1.54, 1.807) is 0 Å². The number of aldehydes is 1. The minimum Gasteiger partial charge on any atom is -0.392 e. The van der Waals surface area contributed by atoms with Crippen LogP contribution in [-0.2, 0) is 4.79 Å². The van der Waals surface area contributed by atoms with Gasteiger partial charge in [0, 0.05) is 6.42 Å². The van der Waals surface area contributed by atoms with Gasteiger partial charge in [-0.2, -0.15) is 0 Å². The van der Waals surface area contributed by atoms with Gasteiger partial charge in [-0.25, -0.2) is 0 Å². The molecule has 2 nitrogen and oxygen atoms in total. The summed E-state index contributed by atoms with van der Waals surface area (Å²) in [4.78, 5) is 9.90. The van der Waals surface area contributed by atoms with Crippen LogP contribution >= 0.6 is 0 Å². The summed E-state index contributed by atoms with van der Waals surface area (Å²) in [5, 5.41) is 9.14. The van der Waals surface area contributed by atoms with Gasteiger partial charge < -0.3 is 9.90 Å². The lowest BCUT2D eigenvalue weighted by Gasteiger charge is -2.28. The first kappa shape index (κ1) is 6.75. The number of rotatable bonds is 3. The fourth-order valence-corrected chi connectivity index (χ4v) is 1.12. The molecule has 0 aromatic heterocycles. The monoisotopic (exact) mass is 128 g/mol. The third kappa shape index (κ3) is 1.52. The molecule has 0 aromatic rings. The Hall–Kier alpha value is -0.370. The Morgan fingerprint density at radius 1 is 1.67 bits per heavy atom. The average molecular weight is 128 g/mol. The predicted octanol–water partition coefficient (Wildman–Crippen LogP) is 0.736. The molecule has 0 aromatic carbocycles. The van der Waals surface area contributed by atoms with Crippen LogP contribution in [0.15, 0.2) is 0 Å². The lowest BCUT2D eigenvalue weighted by Crippen LogP contribution is -2.26. The minimum atomic E-state index is -0.351. The number of aliphatic hydroxyl groups excluding tert-OH is 1. The molecule has 0 bridgehead atoms. The second-order valence-electron chi connectivity index (χ2n) is 2.66. The van der Waals surface area contributed by atoms with Crippen molar-refractivity contribution in [1.29, 1.82) is 0 Å². The molecule has 1 aliphatic rings. The maximum Gasteiger partial charge on any atom is 0.122 e. The molecule has 0 heterocycles. The smallest absolute Gasteiger partial charge is 0.122 e. The summed E-state index contributed by atoms with van der Waals surface area (Å²) in [6.07, 6.45) is 4.20. The van der Waals surface area contributed by atoms with E-state index >= 15 is 0 Å². The van der Waals surface area contributed by atoms with Crippen LogP contribution in [0, 0.1) is 5.92 Å². The molecule has 52 valence electrons. The quantitative estimate of drug-likeness (QED) is 0.569. The van der Waals surface area contributed by atoms with E-state index in [4.69, 9.17) is 5.11 Å². The molecule has 9 heavy (non-hydrogen) atoms. The van der Waals surface area contributed by atoms with Gasteiger partial charge >= 0.3 is 0 Å². The van der Waals surface area contributed by atoms with E-state index in [2.05, 4.69) is 0 Å². The van der Waals surface area contributed by atoms with E-state index in [9.17, 15) is 4.79 Å². The Morgan fingerprint density at radius 2 is 2.33 bits per heavy atom. The lowest BCUT2D eigenvalue weighted by molar-refractivity contribution is -0.110. The van der Waals surface area contributed by atoms with E-state index in [-0.39, 0.29) is 6.10 Å². The molecule has 0 saturated heterocycles. The van der Waals surface area contributed by atoms with Gasteiger partial charge in [0.15, 0.2) is 0 Å². The Kier molecular flexibility index (Phi) is 2.22. The number of hydrogen-bond donors (Lipinski definition) is 1. The van der Waals surface area contributed by atoms with Crippen LogP contribution in [0.4, 0.5) is 0 Å². The van der Waals surface area contributed by atoms with E-state index in [1.165, 1.54) is 6.42 Å². The van der Waals surface area contributed by atoms with Gasteiger partial charge in [0.1, 0.15) is 6.29 Å². The van der Waals surface area contributed by atoms with Crippen molar-refractivity contribution in [1.82, 2.24) is 0 Å². The summed E-state index contributed by atoms with van der Waals surface area (Å²) in [5.74, 6) is 0.426. The summed E-state index contributed by atoms with van der Waals surface area (Å²) in [6, 6.07) is 0. The Balaban J connectivity index is 2.15. The molecular formula is C7H12O2. The maximum atomic E-state index is 9.90. The molecule has 1 saturated carbocycles. The molecule has 1 atom stereocenters. The SMILES string of the molecule is O=CCC(O)C1CCC1. The Morgan fingerprint density at radius 3 is 2.67 bits per heavy atom. The molecular weight excluding hydrogens is 116 g/mol. The largest absolute Gasteiger partial charge is 0.392 e. The maximum absolute atomic E-state index is 9.90. The summed E-state index contributed by atoms with van der Waals surface area (Å²) < 4.78 is 0. The molecule has 1 N–H and O–H groups in total. The lowest BCUT2D eigenvalue weighted by atomic mass is 9.80. The average Bonchev–Trinajstić information content (AvgIpc) is 1.60. The summed E-state index contributed by atoms with van der Waals surface area (Å²) >= 11 is 0.